The van der Waals surface area contributed by atoms with E-state index >= 15 is 0 Å². The van der Waals surface area contributed by atoms with E-state index in [1.807, 2.05) is 0 Å². The average molecular weight is 244 g/mol. The minimum Gasteiger partial charge on any atom is -1.00 e. The molecule has 1 rings (SSSR count). The summed E-state index contributed by atoms with van der Waals surface area (Å²) < 4.78 is 12.4. The fourth-order valence-corrected chi connectivity index (χ4v) is 0.657. The van der Waals surface area contributed by atoms with Gasteiger partial charge < -0.3 is 12.4 Å². The van der Waals surface area contributed by atoms with Crippen LogP contribution in [0.15, 0.2) is 36.2 Å². The van der Waals surface area contributed by atoms with Crippen molar-refractivity contribution in [2.75, 3.05) is 0 Å². The molecule has 0 atom stereocenters. The second-order valence-corrected chi connectivity index (χ2v) is 2.16. The van der Waals surface area contributed by atoms with Crippen LogP contribution in [0.5, 0.6) is 0 Å². The Morgan fingerprint density at radius 2 is 1.91 bits per heavy atom. The molecule has 1 radical (unpaired) electrons. The van der Waals surface area contributed by atoms with E-state index in [0.29, 0.717) is 5.57 Å². The van der Waals surface area contributed by atoms with E-state index in [0.717, 1.165) is 0 Å². The van der Waals surface area contributed by atoms with Gasteiger partial charge in [0.25, 0.3) is 0 Å². The smallest absolute Gasteiger partial charge is 0.143 e. The van der Waals surface area contributed by atoms with Gasteiger partial charge in [0.1, 0.15) is 11.2 Å². The molecular formula is C7H5Cl2FZn-. The van der Waals surface area contributed by atoms with Crippen molar-refractivity contribution in [2.45, 2.75) is 0 Å². The molecule has 0 aliphatic heterocycles. The topological polar surface area (TPSA) is 0 Å². The Bertz CT molecular complexity index is 199. The van der Waals surface area contributed by atoms with Gasteiger partial charge in [0.2, 0.25) is 0 Å². The SMILES string of the molecule is C=C1C=C[C](Cl)C(F)=C1.[Cl-].[Zn]. The van der Waals surface area contributed by atoms with E-state index in [4.69, 9.17) is 11.6 Å². The number of allylic oxidation sites excluding steroid dienone is 5. The van der Waals surface area contributed by atoms with Gasteiger partial charge in [0.05, 0.1) is 0 Å². The summed E-state index contributed by atoms with van der Waals surface area (Å²) in [5, 5.41) is 0.141. The zero-order chi connectivity index (χ0) is 6.85. The molecule has 0 saturated carbocycles. The van der Waals surface area contributed by atoms with Crippen LogP contribution in [0.4, 0.5) is 4.39 Å². The maximum atomic E-state index is 12.4. The standard InChI is InChI=1S/C7H5ClF.ClH.Zn/c1-5-2-3-6(8)7(9)4-5;;/h2-4H,1H2;1H;/p-1. The largest absolute Gasteiger partial charge is 1.00 e. The Kier molecular flexibility index (Phi) is 7.51. The van der Waals surface area contributed by atoms with Crippen LogP contribution >= 0.6 is 11.6 Å². The predicted molar refractivity (Wildman–Crippen MR) is 36.6 cm³/mol. The Labute approximate surface area is 89.4 Å². The summed E-state index contributed by atoms with van der Waals surface area (Å²) in [4.78, 5) is 0. The van der Waals surface area contributed by atoms with Gasteiger partial charge in [-0.1, -0.05) is 18.7 Å². The molecule has 0 heterocycles. The van der Waals surface area contributed by atoms with E-state index < -0.39 is 5.83 Å². The first-order chi connectivity index (χ1) is 4.20. The number of halogens is 3. The zero-order valence-corrected chi connectivity index (χ0v) is 10.3. The molecule has 0 amide bonds. The Balaban J connectivity index is 0. The molecule has 11 heavy (non-hydrogen) atoms. The first-order valence-electron chi connectivity index (χ1n) is 2.47. The summed E-state index contributed by atoms with van der Waals surface area (Å²) in [6.45, 7) is 3.52. The summed E-state index contributed by atoms with van der Waals surface area (Å²) in [5.41, 5.74) is 0.636. The van der Waals surface area contributed by atoms with Crippen molar-refractivity contribution in [2.24, 2.45) is 0 Å². The summed E-state index contributed by atoms with van der Waals surface area (Å²) >= 11 is 5.38. The van der Waals surface area contributed by atoms with Crippen molar-refractivity contribution in [1.29, 1.82) is 0 Å². The third-order valence-corrected chi connectivity index (χ3v) is 1.29. The molecule has 1 aliphatic rings. The maximum Gasteiger partial charge on any atom is 0.143 e. The van der Waals surface area contributed by atoms with Crippen LogP contribution in [-0.2, 0) is 19.5 Å². The molecule has 57 valence electrons. The fraction of sp³-hybridized carbons (Fsp3) is 0. The van der Waals surface area contributed by atoms with Crippen LogP contribution in [0.1, 0.15) is 0 Å². The number of hydrogen-bond acceptors (Lipinski definition) is 0. The average Bonchev–Trinajstić information content (AvgIpc) is 1.80. The van der Waals surface area contributed by atoms with E-state index in [2.05, 4.69) is 6.58 Å². The van der Waals surface area contributed by atoms with Crippen molar-refractivity contribution < 1.29 is 36.3 Å². The van der Waals surface area contributed by atoms with E-state index in [9.17, 15) is 4.39 Å². The van der Waals surface area contributed by atoms with Crippen molar-refractivity contribution >= 4 is 11.6 Å². The van der Waals surface area contributed by atoms with Crippen molar-refractivity contribution in [3.63, 3.8) is 0 Å². The van der Waals surface area contributed by atoms with Gasteiger partial charge in [-0.3, -0.25) is 0 Å². The summed E-state index contributed by atoms with van der Waals surface area (Å²) in [6.07, 6.45) is 4.44. The predicted octanol–water partition coefficient (Wildman–Crippen LogP) is -0.262. The molecule has 0 aromatic carbocycles. The number of rotatable bonds is 0. The van der Waals surface area contributed by atoms with Crippen LogP contribution in [-0.4, -0.2) is 0 Å². The van der Waals surface area contributed by atoms with Crippen molar-refractivity contribution in [1.82, 2.24) is 0 Å². The normalized spacial score (nSPS) is 16.5. The second-order valence-electron chi connectivity index (χ2n) is 1.75. The van der Waals surface area contributed by atoms with E-state index in [-0.39, 0.29) is 37.3 Å². The van der Waals surface area contributed by atoms with E-state index in [1.165, 1.54) is 12.2 Å². The van der Waals surface area contributed by atoms with Crippen LogP contribution < -0.4 is 12.4 Å². The quantitative estimate of drug-likeness (QED) is 0.515. The van der Waals surface area contributed by atoms with Gasteiger partial charge in [-0.2, -0.15) is 0 Å². The molecule has 0 nitrogen and oxygen atoms in total. The molecule has 0 N–H and O–H groups in total. The van der Waals surface area contributed by atoms with Crippen LogP contribution in [0, 0.1) is 5.38 Å². The van der Waals surface area contributed by atoms with Gasteiger partial charge >= 0.3 is 0 Å². The Hall–Kier alpha value is 0.353. The molecule has 0 bridgehead atoms. The van der Waals surface area contributed by atoms with Gasteiger partial charge in [0.15, 0.2) is 0 Å². The molecule has 0 unspecified atom stereocenters. The zero-order valence-electron chi connectivity index (χ0n) is 5.78. The molecule has 0 aromatic rings. The first-order valence-corrected chi connectivity index (χ1v) is 2.85. The first kappa shape index (κ1) is 13.9. The van der Waals surface area contributed by atoms with Crippen molar-refractivity contribution in [3.05, 3.63) is 41.6 Å². The van der Waals surface area contributed by atoms with Gasteiger partial charge in [-0.15, -0.1) is 11.6 Å². The fourth-order valence-electron chi connectivity index (χ4n) is 0.540. The van der Waals surface area contributed by atoms with E-state index in [1.54, 1.807) is 6.08 Å². The molecule has 0 fully saturated rings. The minimum absolute atomic E-state index is 0. The van der Waals surface area contributed by atoms with Crippen molar-refractivity contribution in [3.8, 4) is 0 Å². The summed E-state index contributed by atoms with van der Waals surface area (Å²) in [7, 11) is 0. The molecule has 4 heteroatoms. The van der Waals surface area contributed by atoms with Gasteiger partial charge in [0, 0.05) is 19.5 Å². The van der Waals surface area contributed by atoms with Gasteiger partial charge in [-0.05, 0) is 11.6 Å². The number of hydrogen-bond donors (Lipinski definition) is 0. The maximum absolute atomic E-state index is 12.4. The molecule has 0 saturated heterocycles. The summed E-state index contributed by atoms with van der Waals surface area (Å²) in [5.74, 6) is -0.413. The van der Waals surface area contributed by atoms with Crippen LogP contribution in [0.3, 0.4) is 0 Å². The second kappa shape index (κ2) is 5.94. The molecular weight excluding hydrogens is 239 g/mol. The molecule has 0 aromatic heterocycles. The third-order valence-electron chi connectivity index (χ3n) is 0.984. The Morgan fingerprint density at radius 3 is 2.27 bits per heavy atom. The third kappa shape index (κ3) is 4.05. The van der Waals surface area contributed by atoms with Gasteiger partial charge in [-0.25, -0.2) is 4.39 Å². The molecule has 0 spiro atoms. The minimum atomic E-state index is -0.413. The summed E-state index contributed by atoms with van der Waals surface area (Å²) in [6, 6.07) is 0. The Morgan fingerprint density at radius 1 is 1.36 bits per heavy atom. The molecule has 1 aliphatic carbocycles. The monoisotopic (exact) mass is 242 g/mol. The van der Waals surface area contributed by atoms with Crippen LogP contribution in [0.25, 0.3) is 0 Å². The van der Waals surface area contributed by atoms with Crippen LogP contribution in [0.2, 0.25) is 0 Å².